The van der Waals surface area contributed by atoms with Gasteiger partial charge in [0.15, 0.2) is 23.2 Å². The van der Waals surface area contributed by atoms with Crippen LogP contribution in [0.3, 0.4) is 0 Å². The van der Waals surface area contributed by atoms with Crippen molar-refractivity contribution in [3.63, 3.8) is 0 Å². The van der Waals surface area contributed by atoms with E-state index in [-0.39, 0.29) is 28.2 Å². The van der Waals surface area contributed by atoms with Gasteiger partial charge in [-0.25, -0.2) is 23.7 Å². The number of aromatic nitrogens is 4. The predicted octanol–water partition coefficient (Wildman–Crippen LogP) is 4.95. The summed E-state index contributed by atoms with van der Waals surface area (Å²) in [5.74, 6) is -1.99. The molecule has 0 atom stereocenters. The zero-order chi connectivity index (χ0) is 29.7. The number of rotatable bonds is 7. The molecule has 1 aliphatic rings. The Kier molecular flexibility index (Phi) is 9.46. The molecule has 4 aromatic rings. The Labute approximate surface area is 238 Å². The normalized spacial score (nSPS) is 14.0. The highest BCUT2D eigenvalue weighted by atomic mass is 19.1. The minimum Gasteiger partial charge on any atom is -0.435 e. The van der Waals surface area contributed by atoms with Gasteiger partial charge < -0.3 is 24.8 Å². The molecular weight excluding hydrogens is 530 g/mol. The minimum absolute atomic E-state index is 0.0362. The highest BCUT2D eigenvalue weighted by molar-refractivity contribution is 6.01. The first-order chi connectivity index (χ1) is 19.7. The monoisotopic (exact) mass is 566 g/mol. The number of piperazine rings is 1. The molecule has 0 radical (unpaired) electrons. The number of ether oxygens (including phenoxy) is 1. The predicted molar refractivity (Wildman–Crippen MR) is 155 cm³/mol. The second-order valence-electron chi connectivity index (χ2n) is 9.87. The van der Waals surface area contributed by atoms with E-state index in [0.717, 1.165) is 44.4 Å². The molecular formula is C29H36F2N8O2. The summed E-state index contributed by atoms with van der Waals surface area (Å²) in [6, 6.07) is 6.17. The Morgan fingerprint density at radius 3 is 2.49 bits per heavy atom. The van der Waals surface area contributed by atoms with Crippen LogP contribution in [0.25, 0.3) is 10.9 Å². The summed E-state index contributed by atoms with van der Waals surface area (Å²) < 4.78 is 35.6. The molecule has 41 heavy (non-hydrogen) atoms. The number of likely N-dealkylation sites (N-methyl/N-ethyl adjacent to an activating group) is 1. The Morgan fingerprint density at radius 2 is 1.83 bits per heavy atom. The maximum Gasteiger partial charge on any atom is 0.262 e. The van der Waals surface area contributed by atoms with Gasteiger partial charge in [0.25, 0.3) is 5.91 Å². The van der Waals surface area contributed by atoms with E-state index in [1.165, 1.54) is 17.3 Å². The second-order valence-corrected chi connectivity index (χ2v) is 9.87. The molecule has 0 spiro atoms. The molecule has 5 rings (SSSR count). The number of nitrogens with zero attached hydrogens (tertiary/aromatic N) is 6. The van der Waals surface area contributed by atoms with E-state index < -0.39 is 23.3 Å². The lowest BCUT2D eigenvalue weighted by atomic mass is 10.2. The second kappa shape index (κ2) is 13.0. The third kappa shape index (κ3) is 6.77. The zero-order valence-electron chi connectivity index (χ0n) is 24.3. The molecule has 218 valence electrons. The van der Waals surface area contributed by atoms with Crippen LogP contribution in [-0.2, 0) is 6.54 Å². The summed E-state index contributed by atoms with van der Waals surface area (Å²) in [5.41, 5.74) is 1.65. The fourth-order valence-corrected chi connectivity index (χ4v) is 4.45. The van der Waals surface area contributed by atoms with Gasteiger partial charge in [-0.1, -0.05) is 19.9 Å². The standard InChI is InChI=1S/C27H30F2N8O2.C2H6/c1-16-11-18-23(29)20(12-19(28)24(18)33-16)39-26-22(27(38)35(2)3)25(31-15-32-26)34-21-6-5-17(13-30-21)14-37-9-7-36(4)8-10-37;1-2/h5-6,11-13,15,33H,7-10,14H2,1-4H3,(H,30,31,32,34);1-2H3. The molecule has 4 heterocycles. The van der Waals surface area contributed by atoms with Crippen molar-refractivity contribution in [2.24, 2.45) is 0 Å². The largest absolute Gasteiger partial charge is 0.435 e. The lowest BCUT2D eigenvalue weighted by molar-refractivity contribution is 0.0825. The van der Waals surface area contributed by atoms with E-state index in [0.29, 0.717) is 11.5 Å². The molecule has 1 fully saturated rings. The number of amides is 1. The molecule has 1 saturated heterocycles. The van der Waals surface area contributed by atoms with Gasteiger partial charge in [0, 0.05) is 70.2 Å². The number of halogens is 2. The first-order valence-corrected chi connectivity index (χ1v) is 13.5. The first-order valence-electron chi connectivity index (χ1n) is 13.5. The summed E-state index contributed by atoms with van der Waals surface area (Å²) in [6.45, 7) is 10.5. The number of hydrogen-bond donors (Lipinski definition) is 2. The number of anilines is 2. The van der Waals surface area contributed by atoms with Gasteiger partial charge in [0.05, 0.1) is 5.52 Å². The Balaban J connectivity index is 0.00000189. The average Bonchev–Trinajstić information content (AvgIpc) is 3.37. The average molecular weight is 567 g/mol. The molecule has 0 bridgehead atoms. The maximum absolute atomic E-state index is 15.2. The molecule has 1 amide bonds. The Hall–Kier alpha value is -4.16. The summed E-state index contributed by atoms with van der Waals surface area (Å²) in [6.07, 6.45) is 2.96. The lowest BCUT2D eigenvalue weighted by Gasteiger charge is -2.32. The van der Waals surface area contributed by atoms with E-state index in [9.17, 15) is 9.18 Å². The van der Waals surface area contributed by atoms with Crippen molar-refractivity contribution in [2.45, 2.75) is 27.3 Å². The topological polar surface area (TPSA) is 103 Å². The lowest BCUT2D eigenvalue weighted by Crippen LogP contribution is -2.43. The van der Waals surface area contributed by atoms with Crippen LogP contribution in [-0.4, -0.2) is 87.9 Å². The molecule has 0 saturated carbocycles. The fraction of sp³-hybridized carbons (Fsp3) is 0.379. The summed E-state index contributed by atoms with van der Waals surface area (Å²) in [5, 5.41) is 3.09. The van der Waals surface area contributed by atoms with Gasteiger partial charge in [0.2, 0.25) is 5.88 Å². The highest BCUT2D eigenvalue weighted by Gasteiger charge is 2.25. The minimum atomic E-state index is -0.773. The molecule has 12 heteroatoms. The Bertz CT molecular complexity index is 1500. The van der Waals surface area contributed by atoms with E-state index in [4.69, 9.17) is 4.74 Å². The van der Waals surface area contributed by atoms with Crippen molar-refractivity contribution in [3.05, 3.63) is 65.2 Å². The number of fused-ring (bicyclic) bond motifs is 1. The molecule has 2 N–H and O–H groups in total. The van der Waals surface area contributed by atoms with Crippen molar-refractivity contribution < 1.29 is 18.3 Å². The van der Waals surface area contributed by atoms with Gasteiger partial charge in [0.1, 0.15) is 17.7 Å². The smallest absolute Gasteiger partial charge is 0.262 e. The molecule has 1 aromatic carbocycles. The van der Waals surface area contributed by atoms with E-state index in [1.54, 1.807) is 33.3 Å². The first kappa shape index (κ1) is 29.8. The van der Waals surface area contributed by atoms with Gasteiger partial charge >= 0.3 is 0 Å². The van der Waals surface area contributed by atoms with E-state index >= 15 is 4.39 Å². The van der Waals surface area contributed by atoms with Crippen LogP contribution in [0.4, 0.5) is 20.4 Å². The quantitative estimate of drug-likeness (QED) is 0.324. The van der Waals surface area contributed by atoms with Crippen molar-refractivity contribution in [1.29, 1.82) is 0 Å². The number of aromatic amines is 1. The molecule has 0 unspecified atom stereocenters. The SMILES string of the molecule is CC.Cc1cc2c(F)c(Oc3ncnc(Nc4ccc(CN5CCN(C)CC5)cn4)c3C(=O)N(C)C)cc(F)c2[nH]1. The highest BCUT2D eigenvalue weighted by Crippen LogP contribution is 2.35. The number of pyridine rings is 1. The number of nitrogens with one attached hydrogen (secondary N) is 2. The van der Waals surface area contributed by atoms with Crippen LogP contribution in [0.15, 0.2) is 36.8 Å². The number of hydrogen-bond acceptors (Lipinski definition) is 8. The van der Waals surface area contributed by atoms with E-state index in [2.05, 4.69) is 42.1 Å². The molecule has 3 aromatic heterocycles. The summed E-state index contributed by atoms with van der Waals surface area (Å²) >= 11 is 0. The maximum atomic E-state index is 15.2. The van der Waals surface area contributed by atoms with Crippen molar-refractivity contribution in [1.82, 2.24) is 34.6 Å². The van der Waals surface area contributed by atoms with Gasteiger partial charge in [-0.3, -0.25) is 9.69 Å². The zero-order valence-corrected chi connectivity index (χ0v) is 24.3. The van der Waals surface area contributed by atoms with Gasteiger partial charge in [-0.2, -0.15) is 0 Å². The number of H-pyrrole nitrogens is 1. The number of carbonyl (C=O) groups excluding carboxylic acids is 1. The third-order valence-electron chi connectivity index (χ3n) is 6.61. The van der Waals surface area contributed by atoms with Crippen LogP contribution in [0.5, 0.6) is 11.6 Å². The van der Waals surface area contributed by atoms with Crippen molar-refractivity contribution in [3.8, 4) is 11.6 Å². The van der Waals surface area contributed by atoms with Crippen LogP contribution in [0.1, 0.15) is 35.5 Å². The van der Waals surface area contributed by atoms with Gasteiger partial charge in [-0.05, 0) is 31.7 Å². The molecule has 10 nitrogen and oxygen atoms in total. The number of aryl methyl sites for hydroxylation is 1. The number of benzene rings is 1. The van der Waals surface area contributed by atoms with Gasteiger partial charge in [-0.15, -0.1) is 0 Å². The van der Waals surface area contributed by atoms with Crippen LogP contribution < -0.4 is 10.1 Å². The third-order valence-corrected chi connectivity index (χ3v) is 6.61. The molecule has 0 aliphatic carbocycles. The summed E-state index contributed by atoms with van der Waals surface area (Å²) in [7, 11) is 5.24. The van der Waals surface area contributed by atoms with Crippen LogP contribution in [0, 0.1) is 18.6 Å². The van der Waals surface area contributed by atoms with Crippen LogP contribution in [0.2, 0.25) is 0 Å². The Morgan fingerprint density at radius 1 is 1.10 bits per heavy atom. The summed E-state index contributed by atoms with van der Waals surface area (Å²) in [4.78, 5) is 34.7. The number of carbonyl (C=O) groups is 1. The van der Waals surface area contributed by atoms with Crippen LogP contribution >= 0.6 is 0 Å². The van der Waals surface area contributed by atoms with Crippen molar-refractivity contribution in [2.75, 3.05) is 52.6 Å². The molecule has 1 aliphatic heterocycles. The van der Waals surface area contributed by atoms with Crippen molar-refractivity contribution >= 4 is 28.4 Å². The van der Waals surface area contributed by atoms with E-state index in [1.807, 2.05) is 19.9 Å². The fourth-order valence-electron chi connectivity index (χ4n) is 4.45.